The van der Waals surface area contributed by atoms with Crippen LogP contribution < -0.4 is 10.2 Å². The van der Waals surface area contributed by atoms with Crippen LogP contribution in [0.25, 0.3) is 11.5 Å². The zero-order valence-corrected chi connectivity index (χ0v) is 22.2. The predicted octanol–water partition coefficient (Wildman–Crippen LogP) is 5.05. The molecular formula is C29H29N5O3S. The number of piperazine rings is 1. The summed E-state index contributed by atoms with van der Waals surface area (Å²) in [5.41, 5.74) is 5.57. The highest BCUT2D eigenvalue weighted by Gasteiger charge is 2.22. The van der Waals surface area contributed by atoms with Gasteiger partial charge >= 0.3 is 0 Å². The van der Waals surface area contributed by atoms with Gasteiger partial charge in [0.15, 0.2) is 0 Å². The smallest absolute Gasteiger partial charge is 0.277 e. The fraction of sp³-hybridized carbons (Fsp3) is 0.241. The van der Waals surface area contributed by atoms with Gasteiger partial charge in [-0.05, 0) is 62.4 Å². The van der Waals surface area contributed by atoms with Crippen LogP contribution in [0.4, 0.5) is 11.4 Å². The number of carbonyl (C=O) groups excluding carboxylic acids is 2. The Hall–Kier alpha value is -4.11. The zero-order chi connectivity index (χ0) is 26.5. The quantitative estimate of drug-likeness (QED) is 0.337. The van der Waals surface area contributed by atoms with E-state index in [1.165, 1.54) is 11.8 Å². The van der Waals surface area contributed by atoms with Crippen molar-refractivity contribution in [2.75, 3.05) is 42.1 Å². The molecule has 3 aromatic carbocycles. The summed E-state index contributed by atoms with van der Waals surface area (Å²) in [6, 6.07) is 23.3. The van der Waals surface area contributed by atoms with Crippen LogP contribution in [0, 0.1) is 13.8 Å². The lowest BCUT2D eigenvalue weighted by Crippen LogP contribution is -2.48. The van der Waals surface area contributed by atoms with Crippen molar-refractivity contribution in [2.45, 2.75) is 19.1 Å². The third kappa shape index (κ3) is 6.23. The number of carbonyl (C=O) groups is 2. The Morgan fingerprint density at radius 3 is 2.32 bits per heavy atom. The van der Waals surface area contributed by atoms with Crippen LogP contribution in [0.5, 0.6) is 0 Å². The van der Waals surface area contributed by atoms with Gasteiger partial charge in [0.25, 0.3) is 11.1 Å². The summed E-state index contributed by atoms with van der Waals surface area (Å²) in [4.78, 5) is 29.4. The molecule has 0 aliphatic carbocycles. The minimum atomic E-state index is -0.152. The number of thioether (sulfide) groups is 1. The first-order valence-corrected chi connectivity index (χ1v) is 13.5. The Morgan fingerprint density at radius 1 is 0.895 bits per heavy atom. The van der Waals surface area contributed by atoms with E-state index in [-0.39, 0.29) is 17.6 Å². The van der Waals surface area contributed by atoms with E-state index in [0.29, 0.717) is 24.2 Å². The van der Waals surface area contributed by atoms with Crippen molar-refractivity contribution in [3.63, 3.8) is 0 Å². The number of hydrogen-bond acceptors (Lipinski definition) is 7. The summed E-state index contributed by atoms with van der Waals surface area (Å²) in [5.74, 6) is 0.527. The first-order chi connectivity index (χ1) is 18.4. The minimum absolute atomic E-state index is 0.0798. The van der Waals surface area contributed by atoms with E-state index in [4.69, 9.17) is 4.42 Å². The highest BCUT2D eigenvalue weighted by atomic mass is 32.2. The molecule has 2 heterocycles. The van der Waals surface area contributed by atoms with E-state index in [9.17, 15) is 9.59 Å². The number of rotatable bonds is 7. The van der Waals surface area contributed by atoms with E-state index in [2.05, 4.69) is 20.4 Å². The maximum Gasteiger partial charge on any atom is 0.277 e. The van der Waals surface area contributed by atoms with E-state index >= 15 is 0 Å². The Kier molecular flexibility index (Phi) is 7.74. The van der Waals surface area contributed by atoms with E-state index < -0.39 is 0 Å². The summed E-state index contributed by atoms with van der Waals surface area (Å²) in [5, 5.41) is 11.4. The Balaban J connectivity index is 1.09. The van der Waals surface area contributed by atoms with Gasteiger partial charge < -0.3 is 19.5 Å². The van der Waals surface area contributed by atoms with Gasteiger partial charge in [-0.2, -0.15) is 0 Å². The van der Waals surface area contributed by atoms with Crippen LogP contribution >= 0.6 is 11.8 Å². The van der Waals surface area contributed by atoms with Crippen molar-refractivity contribution in [3.8, 4) is 11.5 Å². The summed E-state index contributed by atoms with van der Waals surface area (Å²) in [7, 11) is 0. The average Bonchev–Trinajstić information content (AvgIpc) is 3.41. The van der Waals surface area contributed by atoms with Gasteiger partial charge in [-0.3, -0.25) is 9.59 Å². The van der Waals surface area contributed by atoms with Crippen molar-refractivity contribution in [3.05, 3.63) is 89.5 Å². The van der Waals surface area contributed by atoms with E-state index in [1.807, 2.05) is 91.5 Å². The summed E-state index contributed by atoms with van der Waals surface area (Å²) >= 11 is 1.20. The molecule has 4 aromatic rings. The lowest BCUT2D eigenvalue weighted by Gasteiger charge is -2.36. The van der Waals surface area contributed by atoms with Gasteiger partial charge in [-0.1, -0.05) is 47.2 Å². The molecule has 1 fully saturated rings. The SMILES string of the molecule is Cc1cccc(C(=O)N2CCN(c3ccc(NC(=O)CSc4nnc(-c5cccc(C)c5)o4)cc3)CC2)c1. The van der Waals surface area contributed by atoms with Gasteiger partial charge in [0.1, 0.15) is 0 Å². The first-order valence-electron chi connectivity index (χ1n) is 12.5. The molecule has 5 rings (SSSR count). The number of hydrogen-bond donors (Lipinski definition) is 1. The van der Waals surface area contributed by atoms with Gasteiger partial charge in [0.2, 0.25) is 11.8 Å². The van der Waals surface area contributed by atoms with Crippen molar-refractivity contribution in [1.82, 2.24) is 15.1 Å². The Labute approximate surface area is 226 Å². The van der Waals surface area contributed by atoms with Crippen molar-refractivity contribution >= 4 is 35.0 Å². The van der Waals surface area contributed by atoms with E-state index in [0.717, 1.165) is 46.7 Å². The molecule has 0 spiro atoms. The van der Waals surface area contributed by atoms with Crippen molar-refractivity contribution in [2.24, 2.45) is 0 Å². The van der Waals surface area contributed by atoms with Crippen LogP contribution in [-0.2, 0) is 4.79 Å². The molecule has 0 bridgehead atoms. The highest BCUT2D eigenvalue weighted by molar-refractivity contribution is 7.99. The molecule has 38 heavy (non-hydrogen) atoms. The predicted molar refractivity (Wildman–Crippen MR) is 150 cm³/mol. The molecule has 1 N–H and O–H groups in total. The molecule has 0 atom stereocenters. The Bertz CT molecular complexity index is 1430. The van der Waals surface area contributed by atoms with Crippen molar-refractivity contribution < 1.29 is 14.0 Å². The molecule has 194 valence electrons. The summed E-state index contributed by atoms with van der Waals surface area (Å²) in [6.45, 7) is 6.86. The molecular weight excluding hydrogens is 498 g/mol. The molecule has 2 amide bonds. The summed E-state index contributed by atoms with van der Waals surface area (Å²) < 4.78 is 5.69. The minimum Gasteiger partial charge on any atom is -0.411 e. The molecule has 1 aromatic heterocycles. The summed E-state index contributed by atoms with van der Waals surface area (Å²) in [6.07, 6.45) is 0. The highest BCUT2D eigenvalue weighted by Crippen LogP contribution is 2.25. The lowest BCUT2D eigenvalue weighted by molar-refractivity contribution is -0.113. The van der Waals surface area contributed by atoms with Crippen LogP contribution in [0.3, 0.4) is 0 Å². The monoisotopic (exact) mass is 527 g/mol. The maximum atomic E-state index is 12.8. The standard InChI is InChI=1S/C29H29N5O3S/c1-20-5-3-7-22(17-20)27-31-32-29(37-27)38-19-26(35)30-24-9-11-25(12-10-24)33-13-15-34(16-14-33)28(36)23-8-4-6-21(2)18-23/h3-12,17-18H,13-16,19H2,1-2H3,(H,30,35). The van der Waals surface area contributed by atoms with Crippen molar-refractivity contribution in [1.29, 1.82) is 0 Å². The fourth-order valence-electron chi connectivity index (χ4n) is 4.37. The molecule has 0 saturated carbocycles. The largest absolute Gasteiger partial charge is 0.411 e. The molecule has 1 aliphatic rings. The number of nitrogens with zero attached hydrogens (tertiary/aromatic N) is 4. The molecule has 8 nitrogen and oxygen atoms in total. The Morgan fingerprint density at radius 2 is 1.61 bits per heavy atom. The fourth-order valence-corrected chi connectivity index (χ4v) is 4.93. The second-order valence-electron chi connectivity index (χ2n) is 9.28. The van der Waals surface area contributed by atoms with Gasteiger partial charge in [0, 0.05) is 48.7 Å². The third-order valence-corrected chi connectivity index (χ3v) is 7.16. The molecule has 0 radical (unpaired) electrons. The maximum absolute atomic E-state index is 12.8. The first kappa shape index (κ1) is 25.5. The van der Waals surface area contributed by atoms with Crippen LogP contribution in [0.15, 0.2) is 82.4 Å². The van der Waals surface area contributed by atoms with Gasteiger partial charge in [-0.25, -0.2) is 0 Å². The zero-order valence-electron chi connectivity index (χ0n) is 21.4. The van der Waals surface area contributed by atoms with E-state index in [1.54, 1.807) is 0 Å². The average molecular weight is 528 g/mol. The topological polar surface area (TPSA) is 91.6 Å². The second-order valence-corrected chi connectivity index (χ2v) is 10.2. The lowest BCUT2D eigenvalue weighted by atomic mass is 10.1. The number of benzene rings is 3. The van der Waals surface area contributed by atoms with Crippen LogP contribution in [0.2, 0.25) is 0 Å². The van der Waals surface area contributed by atoms with Crippen LogP contribution in [0.1, 0.15) is 21.5 Å². The van der Waals surface area contributed by atoms with Gasteiger partial charge in [-0.15, -0.1) is 10.2 Å². The number of aryl methyl sites for hydroxylation is 2. The molecule has 0 unspecified atom stereocenters. The third-order valence-electron chi connectivity index (χ3n) is 6.35. The van der Waals surface area contributed by atoms with Gasteiger partial charge in [0.05, 0.1) is 5.75 Å². The molecule has 1 saturated heterocycles. The molecule has 9 heteroatoms. The number of aromatic nitrogens is 2. The number of amides is 2. The normalized spacial score (nSPS) is 13.4. The van der Waals surface area contributed by atoms with Crippen LogP contribution in [-0.4, -0.2) is 58.8 Å². The number of nitrogens with one attached hydrogen (secondary N) is 1. The molecule has 1 aliphatic heterocycles. The second kappa shape index (κ2) is 11.5. The number of anilines is 2.